The summed E-state index contributed by atoms with van der Waals surface area (Å²) in [7, 11) is 0. The second kappa shape index (κ2) is 7.45. The molecular formula is C18H17ClF3N2O+. The maximum Gasteiger partial charge on any atom is 0.416 e. The second-order valence-corrected chi connectivity index (χ2v) is 6.34. The van der Waals surface area contributed by atoms with Crippen molar-refractivity contribution in [1.29, 1.82) is 0 Å². The Kier molecular flexibility index (Phi) is 5.30. The predicted octanol–water partition coefficient (Wildman–Crippen LogP) is 3.62. The maximum atomic E-state index is 12.5. The van der Waals surface area contributed by atoms with Gasteiger partial charge in [-0.05, 0) is 29.8 Å². The van der Waals surface area contributed by atoms with Gasteiger partial charge in [-0.15, -0.1) is 0 Å². The van der Waals surface area contributed by atoms with Gasteiger partial charge in [-0.2, -0.15) is 13.2 Å². The number of nitrogens with zero attached hydrogens (tertiary/aromatic N) is 1. The van der Waals surface area contributed by atoms with Gasteiger partial charge >= 0.3 is 6.18 Å². The predicted molar refractivity (Wildman–Crippen MR) is 89.4 cm³/mol. The number of hydrogen-bond donors (Lipinski definition) is 1. The van der Waals surface area contributed by atoms with Crippen LogP contribution in [0.4, 0.5) is 13.2 Å². The van der Waals surface area contributed by atoms with E-state index in [1.165, 1.54) is 12.1 Å². The Morgan fingerprint density at radius 2 is 1.76 bits per heavy atom. The molecule has 1 heterocycles. The lowest BCUT2D eigenvalue weighted by Gasteiger charge is -2.09. The minimum Gasteiger partial charge on any atom is -0.386 e. The van der Waals surface area contributed by atoms with Crippen molar-refractivity contribution in [2.75, 3.05) is 6.54 Å². The van der Waals surface area contributed by atoms with Crippen molar-refractivity contribution in [3.8, 4) is 0 Å². The molecule has 0 aliphatic carbocycles. The Morgan fingerprint density at radius 3 is 2.40 bits per heavy atom. The molecule has 0 saturated carbocycles. The SMILES string of the molecule is FC(F)(F)c1ccc(C[NH2+]C[C@@H]2CC(c3ccc(Cl)cc3)=NO2)cc1. The Balaban J connectivity index is 1.45. The van der Waals surface area contributed by atoms with Gasteiger partial charge in [0.05, 0.1) is 11.3 Å². The van der Waals surface area contributed by atoms with Crippen LogP contribution >= 0.6 is 11.6 Å². The number of nitrogens with two attached hydrogens (primary N) is 1. The van der Waals surface area contributed by atoms with Crippen LogP contribution in [0, 0.1) is 0 Å². The highest BCUT2D eigenvalue weighted by molar-refractivity contribution is 6.30. The fraction of sp³-hybridized carbons (Fsp3) is 0.278. The third-order valence-electron chi connectivity index (χ3n) is 4.00. The van der Waals surface area contributed by atoms with Crippen molar-refractivity contribution in [3.05, 3.63) is 70.2 Å². The van der Waals surface area contributed by atoms with Gasteiger partial charge in [0.25, 0.3) is 0 Å². The minimum absolute atomic E-state index is 0.0415. The number of quaternary nitrogens is 1. The summed E-state index contributed by atoms with van der Waals surface area (Å²) in [6.07, 6.45) is -3.64. The molecule has 1 aliphatic heterocycles. The van der Waals surface area contributed by atoms with E-state index >= 15 is 0 Å². The minimum atomic E-state index is -4.30. The number of benzene rings is 2. The van der Waals surface area contributed by atoms with Crippen molar-refractivity contribution >= 4 is 17.3 Å². The molecular weight excluding hydrogens is 353 g/mol. The molecule has 0 radical (unpaired) electrons. The van der Waals surface area contributed by atoms with E-state index in [2.05, 4.69) is 5.16 Å². The van der Waals surface area contributed by atoms with Crippen LogP contribution in [-0.4, -0.2) is 18.4 Å². The van der Waals surface area contributed by atoms with Crippen molar-refractivity contribution in [3.63, 3.8) is 0 Å². The van der Waals surface area contributed by atoms with E-state index in [0.717, 1.165) is 29.0 Å². The molecule has 25 heavy (non-hydrogen) atoms. The molecule has 1 aliphatic rings. The van der Waals surface area contributed by atoms with Gasteiger partial charge in [0.15, 0.2) is 6.10 Å². The van der Waals surface area contributed by atoms with Crippen LogP contribution in [0.15, 0.2) is 53.7 Å². The third kappa shape index (κ3) is 4.74. The Bertz CT molecular complexity index is 742. The highest BCUT2D eigenvalue weighted by Gasteiger charge is 2.30. The van der Waals surface area contributed by atoms with Crippen LogP contribution in [0.5, 0.6) is 0 Å². The van der Waals surface area contributed by atoms with Crippen LogP contribution in [0.2, 0.25) is 5.02 Å². The van der Waals surface area contributed by atoms with Crippen LogP contribution < -0.4 is 5.32 Å². The van der Waals surface area contributed by atoms with Crippen LogP contribution in [0.3, 0.4) is 0 Å². The van der Waals surface area contributed by atoms with Crippen LogP contribution in [0.1, 0.15) is 23.1 Å². The Morgan fingerprint density at radius 1 is 1.08 bits per heavy atom. The van der Waals surface area contributed by atoms with Crippen molar-refractivity contribution in [1.82, 2.24) is 0 Å². The topological polar surface area (TPSA) is 38.2 Å². The molecule has 3 nitrogen and oxygen atoms in total. The van der Waals surface area contributed by atoms with E-state index in [4.69, 9.17) is 16.4 Å². The molecule has 0 amide bonds. The van der Waals surface area contributed by atoms with Gasteiger partial charge in [-0.25, -0.2) is 0 Å². The molecule has 2 aromatic rings. The van der Waals surface area contributed by atoms with Gasteiger partial charge in [0, 0.05) is 17.0 Å². The second-order valence-electron chi connectivity index (χ2n) is 5.90. The van der Waals surface area contributed by atoms with Gasteiger partial charge in [0.1, 0.15) is 13.1 Å². The normalized spacial score (nSPS) is 17.3. The van der Waals surface area contributed by atoms with Crippen molar-refractivity contribution in [2.24, 2.45) is 5.16 Å². The molecule has 0 bridgehead atoms. The van der Waals surface area contributed by atoms with E-state index in [-0.39, 0.29) is 6.10 Å². The van der Waals surface area contributed by atoms with Crippen LogP contribution in [0.25, 0.3) is 0 Å². The molecule has 7 heteroatoms. The molecule has 0 spiro atoms. The summed E-state index contributed by atoms with van der Waals surface area (Å²) in [5.41, 5.74) is 2.07. The van der Waals surface area contributed by atoms with Crippen molar-refractivity contribution in [2.45, 2.75) is 25.2 Å². The molecule has 0 fully saturated rings. The standard InChI is InChI=1S/C18H16ClF3N2O/c19-15-7-3-13(4-8-15)17-9-16(25-24-17)11-23-10-12-1-5-14(6-2-12)18(20,21)22/h1-8,16,23H,9-11H2/p+1/t16-/m0/s1. The average molecular weight is 370 g/mol. The zero-order chi connectivity index (χ0) is 17.9. The summed E-state index contributed by atoms with van der Waals surface area (Å²) < 4.78 is 37.6. The first-order valence-corrected chi connectivity index (χ1v) is 8.26. The number of oxime groups is 1. The zero-order valence-electron chi connectivity index (χ0n) is 13.3. The number of hydrogen-bond acceptors (Lipinski definition) is 2. The molecule has 1 atom stereocenters. The zero-order valence-corrected chi connectivity index (χ0v) is 14.0. The summed E-state index contributed by atoms with van der Waals surface area (Å²) in [6.45, 7) is 1.27. The van der Waals surface area contributed by atoms with E-state index in [0.29, 0.717) is 24.5 Å². The highest BCUT2D eigenvalue weighted by atomic mass is 35.5. The first kappa shape index (κ1) is 17.8. The molecule has 2 aromatic carbocycles. The van der Waals surface area contributed by atoms with Crippen molar-refractivity contribution < 1.29 is 23.3 Å². The van der Waals surface area contributed by atoms with Gasteiger partial charge in [-0.3, -0.25) is 0 Å². The quantitative estimate of drug-likeness (QED) is 0.859. The summed E-state index contributed by atoms with van der Waals surface area (Å²) in [4.78, 5) is 5.43. The summed E-state index contributed by atoms with van der Waals surface area (Å²) in [5.74, 6) is 0. The molecule has 0 saturated heterocycles. The largest absolute Gasteiger partial charge is 0.416 e. The highest BCUT2D eigenvalue weighted by Crippen LogP contribution is 2.28. The Hall–Kier alpha value is -2.05. The van der Waals surface area contributed by atoms with E-state index < -0.39 is 11.7 Å². The lowest BCUT2D eigenvalue weighted by Crippen LogP contribution is -2.84. The number of alkyl halides is 3. The first-order valence-electron chi connectivity index (χ1n) is 7.88. The monoisotopic (exact) mass is 369 g/mol. The molecule has 0 aromatic heterocycles. The maximum absolute atomic E-state index is 12.5. The number of rotatable bonds is 5. The molecule has 2 N–H and O–H groups in total. The lowest BCUT2D eigenvalue weighted by atomic mass is 10.1. The molecule has 0 unspecified atom stereocenters. The first-order chi connectivity index (χ1) is 11.9. The fourth-order valence-corrected chi connectivity index (χ4v) is 2.76. The smallest absolute Gasteiger partial charge is 0.386 e. The van der Waals surface area contributed by atoms with Crippen LogP contribution in [-0.2, 0) is 17.6 Å². The Labute approximate surface area is 148 Å². The molecule has 3 rings (SSSR count). The average Bonchev–Trinajstić information content (AvgIpc) is 3.04. The van der Waals surface area contributed by atoms with E-state index in [1.54, 1.807) is 0 Å². The van der Waals surface area contributed by atoms with E-state index in [9.17, 15) is 13.2 Å². The van der Waals surface area contributed by atoms with E-state index in [1.807, 2.05) is 29.6 Å². The third-order valence-corrected chi connectivity index (χ3v) is 4.25. The number of halogens is 4. The van der Waals surface area contributed by atoms with Gasteiger partial charge < -0.3 is 10.2 Å². The van der Waals surface area contributed by atoms with Gasteiger partial charge in [-0.1, -0.05) is 41.0 Å². The summed E-state index contributed by atoms with van der Waals surface area (Å²) in [6, 6.07) is 12.6. The summed E-state index contributed by atoms with van der Waals surface area (Å²) >= 11 is 5.87. The van der Waals surface area contributed by atoms with Gasteiger partial charge in [0.2, 0.25) is 0 Å². The fourth-order valence-electron chi connectivity index (χ4n) is 2.63. The lowest BCUT2D eigenvalue weighted by molar-refractivity contribution is -0.676. The molecule has 132 valence electrons. The summed E-state index contributed by atoms with van der Waals surface area (Å²) in [5, 5.41) is 6.79.